The van der Waals surface area contributed by atoms with E-state index in [1.165, 1.54) is 0 Å². The second kappa shape index (κ2) is 8.25. The molecule has 144 valence electrons. The molecule has 29 heavy (non-hydrogen) atoms. The predicted octanol–water partition coefficient (Wildman–Crippen LogP) is 6.62. The van der Waals surface area contributed by atoms with Crippen molar-refractivity contribution < 1.29 is 9.21 Å². The highest BCUT2D eigenvalue weighted by Crippen LogP contribution is 2.32. The van der Waals surface area contributed by atoms with Crippen molar-refractivity contribution in [2.24, 2.45) is 0 Å². The molecule has 1 N–H and O–H groups in total. The van der Waals surface area contributed by atoms with Gasteiger partial charge in [0.25, 0.3) is 5.91 Å². The van der Waals surface area contributed by atoms with Gasteiger partial charge < -0.3 is 9.73 Å². The van der Waals surface area contributed by atoms with Gasteiger partial charge in [-0.15, -0.1) is 10.2 Å². The predicted molar refractivity (Wildman–Crippen MR) is 115 cm³/mol. The summed E-state index contributed by atoms with van der Waals surface area (Å²) in [6, 6.07) is 18.8. The fourth-order valence-electron chi connectivity index (χ4n) is 2.65. The van der Waals surface area contributed by atoms with Gasteiger partial charge in [0, 0.05) is 16.1 Å². The summed E-state index contributed by atoms with van der Waals surface area (Å²) in [6.07, 6.45) is 0. The third-order valence-corrected chi connectivity index (χ3v) is 5.09. The zero-order valence-electron chi connectivity index (χ0n) is 14.7. The molecular formula is C21H12Cl3N3O2. The molecule has 4 aromatic rings. The van der Waals surface area contributed by atoms with Gasteiger partial charge in [0.2, 0.25) is 11.8 Å². The Labute approximate surface area is 181 Å². The molecule has 4 rings (SSSR count). The lowest BCUT2D eigenvalue weighted by Crippen LogP contribution is -2.12. The van der Waals surface area contributed by atoms with Crippen LogP contribution in [0.5, 0.6) is 0 Å². The number of nitrogens with one attached hydrogen (secondary N) is 1. The summed E-state index contributed by atoms with van der Waals surface area (Å²) < 4.78 is 5.80. The van der Waals surface area contributed by atoms with E-state index in [0.29, 0.717) is 37.4 Å². The Morgan fingerprint density at radius 2 is 1.55 bits per heavy atom. The van der Waals surface area contributed by atoms with Crippen molar-refractivity contribution in [2.75, 3.05) is 5.32 Å². The van der Waals surface area contributed by atoms with Gasteiger partial charge in [-0.3, -0.25) is 4.79 Å². The molecular weight excluding hydrogens is 433 g/mol. The lowest BCUT2D eigenvalue weighted by atomic mass is 10.1. The monoisotopic (exact) mass is 443 g/mol. The van der Waals surface area contributed by atoms with Crippen molar-refractivity contribution in [1.29, 1.82) is 0 Å². The number of halogens is 3. The third-order valence-electron chi connectivity index (χ3n) is 4.10. The standard InChI is InChI=1S/C21H12Cl3N3O2/c22-14-8-5-12(6-9-14)19(28)25-18-4-2-1-3-15(18)21-27-26-20(29-21)13-7-10-16(23)17(24)11-13/h1-11H,(H,25,28). The number of hydrogen-bond acceptors (Lipinski definition) is 4. The molecule has 0 atom stereocenters. The highest BCUT2D eigenvalue weighted by Gasteiger charge is 2.16. The molecule has 1 heterocycles. The van der Waals surface area contributed by atoms with Gasteiger partial charge in [-0.2, -0.15) is 0 Å². The number of anilines is 1. The van der Waals surface area contributed by atoms with Crippen molar-refractivity contribution in [2.45, 2.75) is 0 Å². The number of benzene rings is 3. The van der Waals surface area contributed by atoms with E-state index in [1.54, 1.807) is 60.7 Å². The molecule has 0 unspecified atom stereocenters. The molecule has 0 aliphatic rings. The van der Waals surface area contributed by atoms with Gasteiger partial charge in [-0.25, -0.2) is 0 Å². The molecule has 1 amide bonds. The fourth-order valence-corrected chi connectivity index (χ4v) is 3.08. The van der Waals surface area contributed by atoms with Crippen LogP contribution in [0.15, 0.2) is 71.1 Å². The largest absolute Gasteiger partial charge is 0.416 e. The number of para-hydroxylation sites is 1. The summed E-state index contributed by atoms with van der Waals surface area (Å²) in [7, 11) is 0. The highest BCUT2D eigenvalue weighted by molar-refractivity contribution is 6.42. The van der Waals surface area contributed by atoms with Gasteiger partial charge in [-0.05, 0) is 54.6 Å². The second-order valence-electron chi connectivity index (χ2n) is 6.05. The Bertz CT molecular complexity index is 1190. The van der Waals surface area contributed by atoms with Gasteiger partial charge in [0.05, 0.1) is 21.3 Å². The maximum atomic E-state index is 12.6. The number of carbonyl (C=O) groups is 1. The molecule has 0 fully saturated rings. The van der Waals surface area contributed by atoms with Crippen LogP contribution in [0.25, 0.3) is 22.9 Å². The van der Waals surface area contributed by atoms with Crippen molar-refractivity contribution in [3.63, 3.8) is 0 Å². The molecule has 8 heteroatoms. The minimum atomic E-state index is -0.279. The zero-order valence-corrected chi connectivity index (χ0v) is 17.0. The van der Waals surface area contributed by atoms with Crippen LogP contribution in [-0.4, -0.2) is 16.1 Å². The average Bonchev–Trinajstić information content (AvgIpc) is 3.21. The summed E-state index contributed by atoms with van der Waals surface area (Å²) in [5.74, 6) is 0.272. The van der Waals surface area contributed by atoms with Crippen LogP contribution < -0.4 is 5.32 Å². The smallest absolute Gasteiger partial charge is 0.255 e. The van der Waals surface area contributed by atoms with E-state index in [-0.39, 0.29) is 17.7 Å². The summed E-state index contributed by atoms with van der Waals surface area (Å²) in [4.78, 5) is 12.6. The molecule has 0 aliphatic heterocycles. The number of aromatic nitrogens is 2. The van der Waals surface area contributed by atoms with E-state index in [9.17, 15) is 4.79 Å². The molecule has 1 aromatic heterocycles. The Morgan fingerprint density at radius 1 is 0.828 bits per heavy atom. The van der Waals surface area contributed by atoms with Gasteiger partial charge in [0.1, 0.15) is 0 Å². The van der Waals surface area contributed by atoms with Gasteiger partial charge in [0.15, 0.2) is 0 Å². The molecule has 0 saturated carbocycles. The normalized spacial score (nSPS) is 10.7. The number of nitrogens with zero attached hydrogens (tertiary/aromatic N) is 2. The quantitative estimate of drug-likeness (QED) is 0.384. The molecule has 0 saturated heterocycles. The lowest BCUT2D eigenvalue weighted by molar-refractivity contribution is 0.102. The lowest BCUT2D eigenvalue weighted by Gasteiger charge is -2.08. The van der Waals surface area contributed by atoms with E-state index in [0.717, 1.165) is 0 Å². The minimum Gasteiger partial charge on any atom is -0.416 e. The molecule has 0 radical (unpaired) electrons. The van der Waals surface area contributed by atoms with Crippen molar-refractivity contribution in [3.8, 4) is 22.9 Å². The van der Waals surface area contributed by atoms with Crippen LogP contribution in [0.1, 0.15) is 10.4 Å². The summed E-state index contributed by atoms with van der Waals surface area (Å²) >= 11 is 17.9. The molecule has 5 nitrogen and oxygen atoms in total. The maximum absolute atomic E-state index is 12.6. The van der Waals surface area contributed by atoms with Crippen molar-refractivity contribution >= 4 is 46.4 Å². The fraction of sp³-hybridized carbons (Fsp3) is 0. The number of hydrogen-bond donors (Lipinski definition) is 1. The van der Waals surface area contributed by atoms with Crippen molar-refractivity contribution in [1.82, 2.24) is 10.2 Å². The number of carbonyl (C=O) groups excluding carboxylic acids is 1. The third kappa shape index (κ3) is 4.27. The Balaban J connectivity index is 1.63. The Morgan fingerprint density at radius 3 is 2.31 bits per heavy atom. The Hall–Kier alpha value is -2.86. The maximum Gasteiger partial charge on any atom is 0.255 e. The van der Waals surface area contributed by atoms with Crippen LogP contribution in [-0.2, 0) is 0 Å². The van der Waals surface area contributed by atoms with E-state index in [1.807, 2.05) is 6.07 Å². The van der Waals surface area contributed by atoms with Crippen LogP contribution in [0.2, 0.25) is 15.1 Å². The zero-order chi connectivity index (χ0) is 20.4. The molecule has 0 bridgehead atoms. The van der Waals surface area contributed by atoms with E-state index in [4.69, 9.17) is 39.2 Å². The Kier molecular flexibility index (Phi) is 5.53. The van der Waals surface area contributed by atoms with Crippen LogP contribution in [0.4, 0.5) is 5.69 Å². The summed E-state index contributed by atoms with van der Waals surface area (Å²) in [5, 5.41) is 12.4. The first-order valence-corrected chi connectivity index (χ1v) is 9.60. The first-order chi connectivity index (χ1) is 14.0. The van der Waals surface area contributed by atoms with E-state index >= 15 is 0 Å². The molecule has 3 aromatic carbocycles. The first-order valence-electron chi connectivity index (χ1n) is 8.46. The molecule has 0 aliphatic carbocycles. The van der Waals surface area contributed by atoms with Crippen molar-refractivity contribution in [3.05, 3.63) is 87.4 Å². The van der Waals surface area contributed by atoms with E-state index < -0.39 is 0 Å². The molecule has 0 spiro atoms. The topological polar surface area (TPSA) is 68.0 Å². The summed E-state index contributed by atoms with van der Waals surface area (Å²) in [6.45, 7) is 0. The highest BCUT2D eigenvalue weighted by atomic mass is 35.5. The second-order valence-corrected chi connectivity index (χ2v) is 7.30. The van der Waals surface area contributed by atoms with Gasteiger partial charge in [-0.1, -0.05) is 46.9 Å². The number of amides is 1. The average molecular weight is 445 g/mol. The minimum absolute atomic E-state index is 0.262. The van der Waals surface area contributed by atoms with Crippen LogP contribution >= 0.6 is 34.8 Å². The van der Waals surface area contributed by atoms with E-state index in [2.05, 4.69) is 15.5 Å². The van der Waals surface area contributed by atoms with Crippen LogP contribution in [0, 0.1) is 0 Å². The SMILES string of the molecule is O=C(Nc1ccccc1-c1nnc(-c2ccc(Cl)c(Cl)c2)o1)c1ccc(Cl)cc1. The number of rotatable bonds is 4. The first kappa shape index (κ1) is 19.5. The van der Waals surface area contributed by atoms with Gasteiger partial charge >= 0.3 is 0 Å². The summed E-state index contributed by atoms with van der Waals surface area (Å²) in [5.41, 5.74) is 2.25. The van der Waals surface area contributed by atoms with Crippen LogP contribution in [0.3, 0.4) is 0 Å².